The van der Waals surface area contributed by atoms with Gasteiger partial charge >= 0.3 is 5.97 Å². The van der Waals surface area contributed by atoms with Gasteiger partial charge in [0.1, 0.15) is 12.2 Å². The Kier molecular flexibility index (Phi) is 5.02. The lowest BCUT2D eigenvalue weighted by molar-refractivity contribution is -0.144. The average Bonchev–Trinajstić information content (AvgIpc) is 3.37. The van der Waals surface area contributed by atoms with Gasteiger partial charge in [-0.05, 0) is 31.2 Å². The normalized spacial score (nSPS) is 15.8. The molecule has 1 aliphatic carbocycles. The maximum Gasteiger partial charge on any atom is 0.327 e. The van der Waals surface area contributed by atoms with Gasteiger partial charge in [-0.2, -0.15) is 10.1 Å². The van der Waals surface area contributed by atoms with Crippen molar-refractivity contribution in [3.63, 3.8) is 0 Å². The molecule has 0 unspecified atom stereocenters. The first-order chi connectivity index (χ1) is 13.5. The molecule has 1 fully saturated rings. The molecule has 8 heteroatoms. The van der Waals surface area contributed by atoms with Crippen LogP contribution in [-0.2, 0) is 22.6 Å². The number of nitrogens with zero attached hydrogens (tertiary/aromatic N) is 5. The van der Waals surface area contributed by atoms with E-state index in [9.17, 15) is 4.79 Å². The zero-order valence-electron chi connectivity index (χ0n) is 16.4. The molecular weight excluding hydrogens is 356 g/mol. The number of hydrogen-bond acceptors (Lipinski definition) is 6. The highest BCUT2D eigenvalue weighted by atomic mass is 16.5. The number of rotatable bonds is 7. The van der Waals surface area contributed by atoms with Gasteiger partial charge in [0.05, 0.1) is 18.5 Å². The van der Waals surface area contributed by atoms with Crippen LogP contribution in [0.5, 0.6) is 0 Å². The first kappa shape index (κ1) is 18.5. The van der Waals surface area contributed by atoms with Crippen molar-refractivity contribution in [1.29, 1.82) is 0 Å². The molecule has 3 aromatic rings. The van der Waals surface area contributed by atoms with Crippen LogP contribution in [0, 0.1) is 5.41 Å². The average molecular weight is 382 g/mol. The second-order valence-electron chi connectivity index (χ2n) is 7.79. The second-order valence-corrected chi connectivity index (χ2v) is 7.79. The third-order valence-corrected chi connectivity index (χ3v) is 5.35. The highest BCUT2D eigenvalue weighted by Crippen LogP contribution is 2.39. The number of hydrogen-bond donors (Lipinski definition) is 1. The molecule has 1 saturated carbocycles. The molecule has 3 aromatic heterocycles. The summed E-state index contributed by atoms with van der Waals surface area (Å²) in [6.07, 6.45) is 12.5. The third kappa shape index (κ3) is 4.00. The molecule has 3 heterocycles. The topological polar surface area (TPSA) is 86.9 Å². The zero-order valence-corrected chi connectivity index (χ0v) is 16.4. The third-order valence-electron chi connectivity index (χ3n) is 5.35. The summed E-state index contributed by atoms with van der Waals surface area (Å²) in [4.78, 5) is 20.7. The maximum atomic E-state index is 11.6. The number of nitrogens with one attached hydrogen (secondary N) is 1. The van der Waals surface area contributed by atoms with Crippen molar-refractivity contribution in [3.8, 4) is 0 Å². The minimum Gasteiger partial charge on any atom is -0.465 e. The molecule has 4 rings (SSSR count). The van der Waals surface area contributed by atoms with Crippen molar-refractivity contribution in [2.24, 2.45) is 5.41 Å². The van der Waals surface area contributed by atoms with Crippen molar-refractivity contribution in [2.75, 3.05) is 11.9 Å². The van der Waals surface area contributed by atoms with Crippen molar-refractivity contribution < 1.29 is 9.53 Å². The molecule has 8 nitrogen and oxygen atoms in total. The molecule has 0 radical (unpaired) electrons. The predicted octanol–water partition coefficient (Wildman–Crippen LogP) is 3.51. The Bertz CT molecular complexity index is 970. The van der Waals surface area contributed by atoms with Crippen LogP contribution in [0.15, 0.2) is 30.9 Å². The standard InChI is InChI=1S/C20H26N6O2/c1-3-28-17(27)13-26-12-16(11-22-26)23-19-21-10-15-6-9-25(18(15)24-19)14-20(2)7-4-5-8-20/h6,9-12H,3-5,7-8,13-14H2,1-2H3,(H,21,23,24). The van der Waals surface area contributed by atoms with E-state index in [1.165, 1.54) is 30.4 Å². The summed E-state index contributed by atoms with van der Waals surface area (Å²) in [5, 5.41) is 8.38. The predicted molar refractivity (Wildman–Crippen MR) is 106 cm³/mol. The summed E-state index contributed by atoms with van der Waals surface area (Å²) >= 11 is 0. The minimum absolute atomic E-state index is 0.0802. The molecule has 0 amide bonds. The van der Waals surface area contributed by atoms with E-state index in [-0.39, 0.29) is 12.5 Å². The second kappa shape index (κ2) is 7.61. The SMILES string of the molecule is CCOC(=O)Cn1cc(Nc2ncc3ccn(CC4(C)CCCC4)c3n2)cn1. The molecule has 1 aliphatic rings. The molecule has 0 spiro atoms. The first-order valence-corrected chi connectivity index (χ1v) is 9.82. The van der Waals surface area contributed by atoms with Gasteiger partial charge < -0.3 is 14.6 Å². The van der Waals surface area contributed by atoms with E-state index in [1.807, 2.05) is 6.20 Å². The molecular formula is C20H26N6O2. The van der Waals surface area contributed by atoms with Crippen LogP contribution in [0.4, 0.5) is 11.6 Å². The van der Waals surface area contributed by atoms with Crippen LogP contribution < -0.4 is 5.32 Å². The molecule has 148 valence electrons. The van der Waals surface area contributed by atoms with E-state index < -0.39 is 0 Å². The first-order valence-electron chi connectivity index (χ1n) is 9.82. The maximum absolute atomic E-state index is 11.6. The Morgan fingerprint density at radius 3 is 2.93 bits per heavy atom. The monoisotopic (exact) mass is 382 g/mol. The fraction of sp³-hybridized carbons (Fsp3) is 0.500. The van der Waals surface area contributed by atoms with Crippen LogP contribution in [0.25, 0.3) is 11.0 Å². The summed E-state index contributed by atoms with van der Waals surface area (Å²) in [5.41, 5.74) is 2.01. The Hall–Kier alpha value is -2.90. The molecule has 0 bridgehead atoms. The fourth-order valence-corrected chi connectivity index (χ4v) is 3.94. The van der Waals surface area contributed by atoms with Gasteiger partial charge in [0.2, 0.25) is 5.95 Å². The number of fused-ring (bicyclic) bond motifs is 1. The van der Waals surface area contributed by atoms with E-state index in [0.29, 0.717) is 18.0 Å². The Morgan fingerprint density at radius 1 is 1.32 bits per heavy atom. The lowest BCUT2D eigenvalue weighted by atomic mass is 9.89. The Labute approximate surface area is 163 Å². The molecule has 0 aliphatic heterocycles. The largest absolute Gasteiger partial charge is 0.465 e. The molecule has 0 aromatic carbocycles. The Balaban J connectivity index is 1.49. The van der Waals surface area contributed by atoms with E-state index in [1.54, 1.807) is 19.3 Å². The number of esters is 1. The van der Waals surface area contributed by atoms with E-state index in [4.69, 9.17) is 9.72 Å². The van der Waals surface area contributed by atoms with E-state index in [0.717, 1.165) is 23.3 Å². The van der Waals surface area contributed by atoms with Crippen LogP contribution in [-0.4, -0.2) is 36.9 Å². The van der Waals surface area contributed by atoms with Crippen LogP contribution in [0.2, 0.25) is 0 Å². The highest BCUT2D eigenvalue weighted by Gasteiger charge is 2.29. The number of carbonyl (C=O) groups excluding carboxylic acids is 1. The van der Waals surface area contributed by atoms with Crippen molar-refractivity contribution in [1.82, 2.24) is 24.3 Å². The number of aromatic nitrogens is 5. The lowest BCUT2D eigenvalue weighted by Crippen LogP contribution is -2.19. The minimum atomic E-state index is -0.312. The molecule has 28 heavy (non-hydrogen) atoms. The van der Waals surface area contributed by atoms with Crippen molar-refractivity contribution >= 4 is 28.6 Å². The number of carbonyl (C=O) groups is 1. The van der Waals surface area contributed by atoms with E-state index in [2.05, 4.69) is 39.2 Å². The van der Waals surface area contributed by atoms with Crippen LogP contribution in [0.1, 0.15) is 39.5 Å². The van der Waals surface area contributed by atoms with Crippen molar-refractivity contribution in [2.45, 2.75) is 52.6 Å². The quantitative estimate of drug-likeness (QED) is 0.629. The van der Waals surface area contributed by atoms with Gasteiger partial charge in [0.25, 0.3) is 0 Å². The molecule has 1 N–H and O–H groups in total. The summed E-state index contributed by atoms with van der Waals surface area (Å²) < 4.78 is 8.70. The zero-order chi connectivity index (χ0) is 19.6. The molecule has 0 atom stereocenters. The van der Waals surface area contributed by atoms with Crippen LogP contribution in [0.3, 0.4) is 0 Å². The molecule has 0 saturated heterocycles. The number of anilines is 2. The summed E-state index contributed by atoms with van der Waals surface area (Å²) in [5.74, 6) is 0.202. The fourth-order valence-electron chi connectivity index (χ4n) is 3.94. The van der Waals surface area contributed by atoms with Crippen molar-refractivity contribution in [3.05, 3.63) is 30.9 Å². The van der Waals surface area contributed by atoms with Gasteiger partial charge in [-0.3, -0.25) is 9.48 Å². The summed E-state index contributed by atoms with van der Waals surface area (Å²) in [6.45, 7) is 5.56. The smallest absolute Gasteiger partial charge is 0.327 e. The van der Waals surface area contributed by atoms with Gasteiger partial charge in [-0.15, -0.1) is 0 Å². The van der Waals surface area contributed by atoms with Crippen LogP contribution >= 0.6 is 0 Å². The summed E-state index contributed by atoms with van der Waals surface area (Å²) in [7, 11) is 0. The van der Waals surface area contributed by atoms with Gasteiger partial charge in [-0.1, -0.05) is 19.8 Å². The van der Waals surface area contributed by atoms with E-state index >= 15 is 0 Å². The van der Waals surface area contributed by atoms with Gasteiger partial charge in [-0.25, -0.2) is 4.98 Å². The lowest BCUT2D eigenvalue weighted by Gasteiger charge is -2.24. The highest BCUT2D eigenvalue weighted by molar-refractivity contribution is 5.76. The summed E-state index contributed by atoms with van der Waals surface area (Å²) in [6, 6.07) is 2.06. The van der Waals surface area contributed by atoms with Gasteiger partial charge in [0.15, 0.2) is 0 Å². The number of ether oxygens (including phenoxy) is 1. The Morgan fingerprint density at radius 2 is 2.14 bits per heavy atom. The van der Waals surface area contributed by atoms with Gasteiger partial charge in [0, 0.05) is 30.5 Å².